The van der Waals surface area contributed by atoms with Crippen LogP contribution in [0.3, 0.4) is 0 Å². The summed E-state index contributed by atoms with van der Waals surface area (Å²) in [5, 5.41) is 0.743. The van der Waals surface area contributed by atoms with Crippen molar-refractivity contribution >= 4 is 27.6 Å². The van der Waals surface area contributed by atoms with E-state index in [2.05, 4.69) is 9.97 Å². The molecule has 2 N–H and O–H groups in total. The summed E-state index contributed by atoms with van der Waals surface area (Å²) in [6, 6.07) is 9.74. The van der Waals surface area contributed by atoms with Gasteiger partial charge in [0.25, 0.3) is 5.91 Å². The number of nitrogens with zero attached hydrogens (tertiary/aromatic N) is 4. The van der Waals surface area contributed by atoms with E-state index in [0.29, 0.717) is 51.9 Å². The topological polar surface area (TPSA) is 103 Å². The van der Waals surface area contributed by atoms with Gasteiger partial charge in [-0.1, -0.05) is 6.07 Å². The van der Waals surface area contributed by atoms with Gasteiger partial charge >= 0.3 is 0 Å². The first-order chi connectivity index (χ1) is 16.9. The molecule has 1 unspecified atom stereocenters. The molecular weight excluding hydrogens is 469 g/mol. The van der Waals surface area contributed by atoms with Crippen LogP contribution in [0.2, 0.25) is 0 Å². The Labute approximate surface area is 204 Å². The average Bonchev–Trinajstić information content (AvgIpc) is 3.47. The van der Waals surface area contributed by atoms with E-state index in [1.165, 1.54) is 25.6 Å². The molecule has 35 heavy (non-hydrogen) atoms. The molecule has 0 spiro atoms. The summed E-state index contributed by atoms with van der Waals surface area (Å²) < 4.78 is 33.7. The molecule has 1 aliphatic heterocycles. The maximum atomic E-state index is 14.4. The van der Waals surface area contributed by atoms with E-state index in [9.17, 15) is 13.4 Å². The first-order valence-electron chi connectivity index (χ1n) is 11.1. The second-order valence-electron chi connectivity index (χ2n) is 8.47. The third kappa shape index (κ3) is 4.30. The number of carbonyl (C=O) groups excluding carboxylic acids is 1. The Morgan fingerprint density at radius 1 is 1.20 bits per heavy atom. The SMILES string of the molecule is COc1ccc(F)c(-c2cnc(-n3cc(S(C)=O)c4ccc(C(=O)N5CC[C@@H](N)C5)cc43)nc2)c1. The van der Waals surface area contributed by atoms with E-state index < -0.39 is 16.6 Å². The predicted octanol–water partition coefficient (Wildman–Crippen LogP) is 3.15. The van der Waals surface area contributed by atoms with E-state index in [-0.39, 0.29) is 11.9 Å². The third-order valence-corrected chi connectivity index (χ3v) is 7.12. The van der Waals surface area contributed by atoms with Crippen LogP contribution >= 0.6 is 0 Å². The summed E-state index contributed by atoms with van der Waals surface area (Å²) in [5.74, 6) is 0.318. The van der Waals surface area contributed by atoms with Crippen LogP contribution in [0.25, 0.3) is 28.0 Å². The molecule has 180 valence electrons. The summed E-state index contributed by atoms with van der Waals surface area (Å²) >= 11 is 0. The van der Waals surface area contributed by atoms with Crippen molar-refractivity contribution in [2.75, 3.05) is 26.5 Å². The highest BCUT2D eigenvalue weighted by Crippen LogP contribution is 2.30. The number of carbonyl (C=O) groups is 1. The molecular formula is C25H24FN5O3S. The highest BCUT2D eigenvalue weighted by atomic mass is 32.2. The average molecular weight is 494 g/mol. The molecule has 0 radical (unpaired) electrons. The second-order valence-corrected chi connectivity index (χ2v) is 9.81. The summed E-state index contributed by atoms with van der Waals surface area (Å²) in [6.07, 6.45) is 7.13. The van der Waals surface area contributed by atoms with Gasteiger partial charge in [-0.05, 0) is 36.8 Å². The number of methoxy groups -OCH3 is 1. The fourth-order valence-corrected chi connectivity index (χ4v) is 5.05. The number of amides is 1. The first kappa shape index (κ1) is 23.1. The van der Waals surface area contributed by atoms with E-state index in [1.807, 2.05) is 0 Å². The molecule has 2 aromatic carbocycles. The van der Waals surface area contributed by atoms with Gasteiger partial charge in [0, 0.05) is 66.1 Å². The van der Waals surface area contributed by atoms with E-state index in [0.717, 1.165) is 11.8 Å². The lowest BCUT2D eigenvalue weighted by Gasteiger charge is -2.16. The number of halogens is 1. The van der Waals surface area contributed by atoms with Gasteiger partial charge in [-0.3, -0.25) is 13.6 Å². The Balaban J connectivity index is 1.56. The van der Waals surface area contributed by atoms with Crippen molar-refractivity contribution < 1.29 is 18.1 Å². The van der Waals surface area contributed by atoms with Crippen molar-refractivity contribution in [3.63, 3.8) is 0 Å². The van der Waals surface area contributed by atoms with Gasteiger partial charge in [0.1, 0.15) is 11.6 Å². The van der Waals surface area contributed by atoms with Crippen LogP contribution < -0.4 is 10.5 Å². The van der Waals surface area contributed by atoms with Gasteiger partial charge in [0.05, 0.1) is 28.3 Å². The van der Waals surface area contributed by atoms with Crippen molar-refractivity contribution in [3.8, 4) is 22.8 Å². The molecule has 2 atom stereocenters. The minimum absolute atomic E-state index is 0.0120. The Hall–Kier alpha value is -3.63. The van der Waals surface area contributed by atoms with Crippen LogP contribution in [-0.2, 0) is 10.8 Å². The third-order valence-electron chi connectivity index (χ3n) is 6.18. The van der Waals surface area contributed by atoms with Crippen molar-refractivity contribution in [1.82, 2.24) is 19.4 Å². The molecule has 10 heteroatoms. The van der Waals surface area contributed by atoms with Gasteiger partial charge in [-0.2, -0.15) is 0 Å². The molecule has 0 bridgehead atoms. The quantitative estimate of drug-likeness (QED) is 0.458. The monoisotopic (exact) mass is 493 g/mol. The fourth-order valence-electron chi connectivity index (χ4n) is 4.31. The summed E-state index contributed by atoms with van der Waals surface area (Å²) in [4.78, 5) is 24.3. The molecule has 4 aromatic rings. The molecule has 3 heterocycles. The molecule has 2 aromatic heterocycles. The summed E-state index contributed by atoms with van der Waals surface area (Å²) in [6.45, 7) is 1.14. The second kappa shape index (κ2) is 9.20. The number of fused-ring (bicyclic) bond motifs is 1. The maximum absolute atomic E-state index is 14.4. The number of likely N-dealkylation sites (tertiary alicyclic amines) is 1. The Kier molecular flexibility index (Phi) is 6.08. The number of ether oxygens (including phenoxy) is 1. The maximum Gasteiger partial charge on any atom is 0.253 e. The van der Waals surface area contributed by atoms with Gasteiger partial charge < -0.3 is 15.4 Å². The van der Waals surface area contributed by atoms with Crippen molar-refractivity contribution in [3.05, 3.63) is 66.4 Å². The van der Waals surface area contributed by atoms with Gasteiger partial charge in [-0.25, -0.2) is 14.4 Å². The molecule has 5 rings (SSSR count). The van der Waals surface area contributed by atoms with Crippen LogP contribution in [0.1, 0.15) is 16.8 Å². The molecule has 1 amide bonds. The van der Waals surface area contributed by atoms with Gasteiger partial charge in [0.15, 0.2) is 0 Å². The molecule has 1 aliphatic rings. The van der Waals surface area contributed by atoms with E-state index in [4.69, 9.17) is 10.5 Å². The lowest BCUT2D eigenvalue weighted by molar-refractivity contribution is 0.0791. The summed E-state index contributed by atoms with van der Waals surface area (Å²) in [5.41, 5.74) is 7.94. The Morgan fingerprint density at radius 3 is 2.63 bits per heavy atom. The predicted molar refractivity (Wildman–Crippen MR) is 132 cm³/mol. The highest BCUT2D eigenvalue weighted by Gasteiger charge is 2.25. The van der Waals surface area contributed by atoms with E-state index in [1.54, 1.807) is 52.3 Å². The van der Waals surface area contributed by atoms with Crippen LogP contribution in [-0.4, -0.2) is 62.0 Å². The zero-order valence-corrected chi connectivity index (χ0v) is 20.1. The smallest absolute Gasteiger partial charge is 0.253 e. The lowest BCUT2D eigenvalue weighted by atomic mass is 10.1. The van der Waals surface area contributed by atoms with Crippen molar-refractivity contribution in [2.24, 2.45) is 5.73 Å². The van der Waals surface area contributed by atoms with Crippen molar-refractivity contribution in [2.45, 2.75) is 17.4 Å². The number of hydrogen-bond acceptors (Lipinski definition) is 6. The van der Waals surface area contributed by atoms with Crippen molar-refractivity contribution in [1.29, 1.82) is 0 Å². The number of benzene rings is 2. The normalized spacial score (nSPS) is 16.6. The molecule has 0 saturated carbocycles. The Bertz CT molecular complexity index is 1450. The standard InChI is InChI=1S/C25H24FN5O3S/c1-34-18-4-6-21(26)20(10-18)16-11-28-25(29-12-16)31-14-23(35(2)33)19-5-3-15(9-22(19)31)24(32)30-8-7-17(27)13-30/h3-6,9-12,14,17H,7-8,13,27H2,1-2H3/t17-,35?/m1/s1. The number of hydrogen-bond donors (Lipinski definition) is 1. The lowest BCUT2D eigenvalue weighted by Crippen LogP contribution is -2.31. The molecule has 8 nitrogen and oxygen atoms in total. The number of nitrogens with two attached hydrogens (primary N) is 1. The molecule has 0 aliphatic carbocycles. The van der Waals surface area contributed by atoms with Crippen LogP contribution in [0.15, 0.2) is 59.9 Å². The van der Waals surface area contributed by atoms with Gasteiger partial charge in [0.2, 0.25) is 5.95 Å². The van der Waals surface area contributed by atoms with Gasteiger partial charge in [-0.15, -0.1) is 0 Å². The molecule has 1 saturated heterocycles. The van der Waals surface area contributed by atoms with E-state index >= 15 is 0 Å². The minimum Gasteiger partial charge on any atom is -0.497 e. The minimum atomic E-state index is -1.27. The molecule has 1 fully saturated rings. The largest absolute Gasteiger partial charge is 0.497 e. The zero-order valence-electron chi connectivity index (χ0n) is 19.3. The van der Waals surface area contributed by atoms with Crippen LogP contribution in [0.4, 0.5) is 4.39 Å². The van der Waals surface area contributed by atoms with Crippen LogP contribution in [0.5, 0.6) is 5.75 Å². The number of rotatable bonds is 5. The highest BCUT2D eigenvalue weighted by molar-refractivity contribution is 7.84. The first-order valence-corrected chi connectivity index (χ1v) is 12.6. The zero-order chi connectivity index (χ0) is 24.7. The Morgan fingerprint density at radius 2 is 1.97 bits per heavy atom. The number of aromatic nitrogens is 3. The van der Waals surface area contributed by atoms with Crippen LogP contribution in [0, 0.1) is 5.82 Å². The summed E-state index contributed by atoms with van der Waals surface area (Å²) in [7, 11) is 0.241. The fraction of sp³-hybridized carbons (Fsp3) is 0.240.